The first-order valence-corrected chi connectivity index (χ1v) is 8.26. The van der Waals surface area contributed by atoms with Crippen LogP contribution in [0.25, 0.3) is 0 Å². The summed E-state index contributed by atoms with van der Waals surface area (Å²) in [5.41, 5.74) is 2.05. The Bertz CT molecular complexity index is 728. The van der Waals surface area contributed by atoms with Crippen molar-refractivity contribution in [3.63, 3.8) is 0 Å². The van der Waals surface area contributed by atoms with Crippen molar-refractivity contribution in [3.8, 4) is 5.88 Å². The van der Waals surface area contributed by atoms with E-state index in [1.807, 2.05) is 0 Å². The molecular weight excluding hydrogens is 339 g/mol. The lowest BCUT2D eigenvalue weighted by Crippen LogP contribution is -2.60. The third-order valence-corrected chi connectivity index (χ3v) is 6.14. The molecule has 2 atom stereocenters. The summed E-state index contributed by atoms with van der Waals surface area (Å²) in [6, 6.07) is 0. The molecule has 4 aliphatic carbocycles. The monoisotopic (exact) mass is 357 g/mol. The predicted octanol–water partition coefficient (Wildman–Crippen LogP) is 2.56. The smallest absolute Gasteiger partial charge is 0.394 e. The van der Waals surface area contributed by atoms with Crippen molar-refractivity contribution in [2.75, 3.05) is 0 Å². The molecule has 0 aromatic carbocycles. The highest BCUT2D eigenvalue weighted by molar-refractivity contribution is 5.94. The highest BCUT2D eigenvalue weighted by Crippen LogP contribution is 2.69. The number of halogens is 3. The summed E-state index contributed by atoms with van der Waals surface area (Å²) in [6.45, 7) is 0. The van der Waals surface area contributed by atoms with Crippen molar-refractivity contribution >= 4 is 11.9 Å². The van der Waals surface area contributed by atoms with E-state index in [2.05, 4.69) is 9.97 Å². The first kappa shape index (κ1) is 16.4. The molecule has 0 radical (unpaired) electrons. The van der Waals surface area contributed by atoms with E-state index in [0.29, 0.717) is 12.8 Å². The van der Waals surface area contributed by atoms with Crippen LogP contribution in [0.2, 0.25) is 0 Å². The van der Waals surface area contributed by atoms with Crippen molar-refractivity contribution in [2.45, 2.75) is 44.7 Å². The molecule has 25 heavy (non-hydrogen) atoms. The molecule has 1 amide bonds. The molecule has 136 valence electrons. The van der Waals surface area contributed by atoms with Crippen LogP contribution in [0.3, 0.4) is 0 Å². The molecule has 1 aromatic rings. The molecule has 1 heterocycles. The van der Waals surface area contributed by atoms with Crippen LogP contribution >= 0.6 is 0 Å². The molecule has 5 rings (SSSR count). The third kappa shape index (κ3) is 2.35. The second kappa shape index (κ2) is 4.98. The van der Waals surface area contributed by atoms with Crippen LogP contribution in [0.4, 0.5) is 13.2 Å². The zero-order valence-corrected chi connectivity index (χ0v) is 13.4. The Hall–Kier alpha value is -2.06. The second-order valence-corrected chi connectivity index (χ2v) is 7.86. The lowest BCUT2D eigenvalue weighted by atomic mass is 9.44. The Morgan fingerprint density at radius 3 is 2.44 bits per heavy atom. The van der Waals surface area contributed by atoms with Gasteiger partial charge < -0.3 is 15.5 Å². The highest BCUT2D eigenvalue weighted by Gasteiger charge is 2.69. The van der Waals surface area contributed by atoms with Crippen molar-refractivity contribution < 1.29 is 27.5 Å². The van der Waals surface area contributed by atoms with Gasteiger partial charge >= 0.3 is 12.1 Å². The fourth-order valence-electron chi connectivity index (χ4n) is 5.56. The third-order valence-electron chi connectivity index (χ3n) is 6.14. The van der Waals surface area contributed by atoms with Crippen molar-refractivity contribution in [1.29, 1.82) is 0 Å². The Kier molecular flexibility index (Phi) is 3.27. The fourth-order valence-corrected chi connectivity index (χ4v) is 5.56. The van der Waals surface area contributed by atoms with Gasteiger partial charge in [0.15, 0.2) is 5.69 Å². The van der Waals surface area contributed by atoms with Crippen LogP contribution < -0.4 is 10.5 Å². The van der Waals surface area contributed by atoms with Gasteiger partial charge in [0.2, 0.25) is 0 Å². The number of H-pyrrole nitrogens is 1. The van der Waals surface area contributed by atoms with Gasteiger partial charge in [-0.05, 0) is 50.4 Å². The maximum absolute atomic E-state index is 13.7. The lowest BCUT2D eigenvalue weighted by molar-refractivity contribution is -0.285. The second-order valence-electron chi connectivity index (χ2n) is 7.86. The average molecular weight is 357 g/mol. The number of esters is 1. The first-order chi connectivity index (χ1) is 11.6. The summed E-state index contributed by atoms with van der Waals surface area (Å²) in [5, 5.41) is 0. The van der Waals surface area contributed by atoms with Gasteiger partial charge in [-0.15, -0.1) is 0 Å². The molecule has 4 aliphatic rings. The summed E-state index contributed by atoms with van der Waals surface area (Å²) >= 11 is 0. The molecular formula is C16H18F3N3O3. The standard InChI is InChI=1S/C16H18F3N3O3/c17-16(18,19)15-4-8-1-9(5-15)3-14(2-8,6-15)13(24)25-12-10(11(20)23)21-7-22-12/h7-9H,1-6H2,(H2,20,23)(H,21,22). The minimum atomic E-state index is -4.33. The van der Waals surface area contributed by atoms with Gasteiger partial charge in [0.1, 0.15) is 0 Å². The maximum Gasteiger partial charge on any atom is 0.394 e. The van der Waals surface area contributed by atoms with Crippen molar-refractivity contribution in [3.05, 3.63) is 12.0 Å². The van der Waals surface area contributed by atoms with Gasteiger partial charge in [-0.25, -0.2) is 4.98 Å². The van der Waals surface area contributed by atoms with Crippen LogP contribution in [0, 0.1) is 22.7 Å². The minimum absolute atomic E-state index is 0.0942. The molecule has 1 aromatic heterocycles. The summed E-state index contributed by atoms with van der Waals surface area (Å²) in [4.78, 5) is 30.3. The number of nitrogens with zero attached hydrogens (tertiary/aromatic N) is 1. The van der Waals surface area contributed by atoms with Gasteiger partial charge in [-0.1, -0.05) is 0 Å². The summed E-state index contributed by atoms with van der Waals surface area (Å²) in [5.74, 6) is -2.09. The number of amides is 1. The normalized spacial score (nSPS) is 36.4. The summed E-state index contributed by atoms with van der Waals surface area (Å²) in [6.07, 6.45) is -1.70. The molecule has 0 spiro atoms. The maximum atomic E-state index is 13.7. The van der Waals surface area contributed by atoms with Crippen molar-refractivity contribution in [1.82, 2.24) is 9.97 Å². The average Bonchev–Trinajstić information content (AvgIpc) is 2.93. The van der Waals surface area contributed by atoms with Gasteiger partial charge in [0, 0.05) is 0 Å². The van der Waals surface area contributed by atoms with Crippen LogP contribution in [-0.4, -0.2) is 28.0 Å². The number of ether oxygens (including phenoxy) is 1. The number of aromatic nitrogens is 2. The topological polar surface area (TPSA) is 98.1 Å². The number of hydrogen-bond donors (Lipinski definition) is 2. The number of hydrogen-bond acceptors (Lipinski definition) is 4. The molecule has 2 unspecified atom stereocenters. The van der Waals surface area contributed by atoms with Gasteiger partial charge in [-0.3, -0.25) is 9.59 Å². The zero-order valence-electron chi connectivity index (χ0n) is 13.4. The molecule has 0 saturated heterocycles. The highest BCUT2D eigenvalue weighted by atomic mass is 19.4. The fraction of sp³-hybridized carbons (Fsp3) is 0.688. The Morgan fingerprint density at radius 1 is 1.24 bits per heavy atom. The number of nitrogens with two attached hydrogens (primary N) is 1. The van der Waals surface area contributed by atoms with E-state index < -0.39 is 28.9 Å². The van der Waals surface area contributed by atoms with Crippen LogP contribution in [0.1, 0.15) is 49.0 Å². The van der Waals surface area contributed by atoms with Crippen molar-refractivity contribution in [2.24, 2.45) is 28.4 Å². The van der Waals surface area contributed by atoms with Crippen LogP contribution in [-0.2, 0) is 4.79 Å². The largest absolute Gasteiger partial charge is 0.404 e. The van der Waals surface area contributed by atoms with Gasteiger partial charge in [-0.2, -0.15) is 13.2 Å². The van der Waals surface area contributed by atoms with Gasteiger partial charge in [0.05, 0.1) is 17.2 Å². The number of aromatic amines is 1. The summed E-state index contributed by atoms with van der Waals surface area (Å²) in [7, 11) is 0. The van der Waals surface area contributed by atoms with Gasteiger partial charge in [0.25, 0.3) is 11.8 Å². The van der Waals surface area contributed by atoms with E-state index in [1.54, 1.807) is 0 Å². The Balaban J connectivity index is 1.64. The quantitative estimate of drug-likeness (QED) is 0.812. The molecule has 4 saturated carbocycles. The van der Waals surface area contributed by atoms with E-state index >= 15 is 0 Å². The van der Waals surface area contributed by atoms with E-state index in [1.165, 1.54) is 0 Å². The number of rotatable bonds is 3. The van der Waals surface area contributed by atoms with E-state index in [4.69, 9.17) is 10.5 Å². The molecule has 0 aliphatic heterocycles. The number of imidazole rings is 1. The lowest BCUT2D eigenvalue weighted by Gasteiger charge is -2.60. The Labute approximate surface area is 141 Å². The molecule has 9 heteroatoms. The number of carbonyl (C=O) groups is 2. The van der Waals surface area contributed by atoms with E-state index in [-0.39, 0.29) is 42.7 Å². The molecule has 6 nitrogen and oxygen atoms in total. The van der Waals surface area contributed by atoms with E-state index in [9.17, 15) is 22.8 Å². The molecule has 4 fully saturated rings. The Morgan fingerprint density at radius 2 is 1.88 bits per heavy atom. The zero-order chi connectivity index (χ0) is 18.0. The number of carbonyl (C=O) groups excluding carboxylic acids is 2. The van der Waals surface area contributed by atoms with E-state index in [0.717, 1.165) is 12.7 Å². The number of primary amides is 1. The van der Waals surface area contributed by atoms with Crippen LogP contribution in [0.15, 0.2) is 6.33 Å². The van der Waals surface area contributed by atoms with Crippen LogP contribution in [0.5, 0.6) is 5.88 Å². The predicted molar refractivity (Wildman–Crippen MR) is 78.3 cm³/mol. The SMILES string of the molecule is NC(=O)c1[nH]cnc1OC(=O)C12CC3CC(C1)CC(C(F)(F)F)(C3)C2. The number of alkyl halides is 3. The summed E-state index contributed by atoms with van der Waals surface area (Å²) < 4.78 is 46.5. The molecule has 4 bridgehead atoms. The molecule has 3 N–H and O–H groups in total. The first-order valence-electron chi connectivity index (χ1n) is 8.26. The number of nitrogens with one attached hydrogen (secondary N) is 1. The minimum Gasteiger partial charge on any atom is -0.404 e.